The smallest absolute Gasteiger partial charge is 0.293 e. The number of benzene rings is 1. The number of sulfonamides is 1. The SMILES string of the molecule is CN1CCN(S(=O)(=O)c2ccc(N3CCS(=O)CC3)c([N+](=O)[O-])c2)CC1. The summed E-state index contributed by atoms with van der Waals surface area (Å²) < 4.78 is 38.5. The number of anilines is 1. The van der Waals surface area contributed by atoms with Gasteiger partial charge in [-0.25, -0.2) is 8.42 Å². The lowest BCUT2D eigenvalue weighted by atomic mass is 10.2. The Morgan fingerprint density at radius 1 is 1.08 bits per heavy atom. The maximum Gasteiger partial charge on any atom is 0.293 e. The Hall–Kier alpha value is -1.56. The second kappa shape index (κ2) is 7.59. The third-order valence-corrected chi connectivity index (χ3v) is 7.93. The van der Waals surface area contributed by atoms with Crippen LogP contribution in [0.5, 0.6) is 0 Å². The number of hydrogen-bond acceptors (Lipinski definition) is 7. The van der Waals surface area contributed by atoms with Gasteiger partial charge in [-0.2, -0.15) is 4.31 Å². The lowest BCUT2D eigenvalue weighted by molar-refractivity contribution is -0.384. The van der Waals surface area contributed by atoms with Crippen LogP contribution in [0.1, 0.15) is 0 Å². The van der Waals surface area contributed by atoms with Crippen LogP contribution in [0.4, 0.5) is 11.4 Å². The number of likely N-dealkylation sites (N-methyl/N-ethyl adjacent to an activating group) is 1. The standard InChI is InChI=1S/C15H22N4O5S2/c1-16-4-6-18(7-5-16)26(23,24)13-2-3-14(15(12-13)19(20)21)17-8-10-25(22)11-9-17/h2-3,12H,4-11H2,1H3. The molecule has 0 bridgehead atoms. The number of nitro benzene ring substituents is 1. The second-order valence-corrected chi connectivity index (χ2v) is 10.1. The maximum absolute atomic E-state index is 12.8. The van der Waals surface area contributed by atoms with Crippen molar-refractivity contribution < 1.29 is 17.6 Å². The molecule has 0 unspecified atom stereocenters. The van der Waals surface area contributed by atoms with E-state index in [0.717, 1.165) is 6.07 Å². The fraction of sp³-hybridized carbons (Fsp3) is 0.600. The number of hydrogen-bond donors (Lipinski definition) is 0. The Morgan fingerprint density at radius 2 is 1.69 bits per heavy atom. The van der Waals surface area contributed by atoms with Crippen LogP contribution in [-0.4, -0.2) is 84.6 Å². The highest BCUT2D eigenvalue weighted by Crippen LogP contribution is 2.32. The highest BCUT2D eigenvalue weighted by Gasteiger charge is 2.31. The van der Waals surface area contributed by atoms with Crippen molar-refractivity contribution >= 4 is 32.2 Å². The summed E-state index contributed by atoms with van der Waals surface area (Å²) in [5, 5.41) is 11.5. The van der Waals surface area contributed by atoms with Gasteiger partial charge in [0.15, 0.2) is 0 Å². The monoisotopic (exact) mass is 402 g/mol. The normalized spacial score (nSPS) is 21.0. The van der Waals surface area contributed by atoms with E-state index in [9.17, 15) is 22.7 Å². The van der Waals surface area contributed by atoms with Gasteiger partial charge in [-0.1, -0.05) is 0 Å². The first-order valence-corrected chi connectivity index (χ1v) is 11.3. The van der Waals surface area contributed by atoms with Crippen LogP contribution in [0, 0.1) is 10.1 Å². The molecule has 11 heteroatoms. The number of nitrogens with zero attached hydrogens (tertiary/aromatic N) is 4. The van der Waals surface area contributed by atoms with E-state index in [1.807, 2.05) is 11.9 Å². The van der Waals surface area contributed by atoms with Crippen LogP contribution in [0.2, 0.25) is 0 Å². The van der Waals surface area contributed by atoms with Crippen molar-refractivity contribution in [1.29, 1.82) is 0 Å². The zero-order valence-electron chi connectivity index (χ0n) is 14.5. The lowest BCUT2D eigenvalue weighted by Gasteiger charge is -2.32. The van der Waals surface area contributed by atoms with Crippen molar-refractivity contribution in [3.05, 3.63) is 28.3 Å². The summed E-state index contributed by atoms with van der Waals surface area (Å²) in [6.07, 6.45) is 0. The van der Waals surface area contributed by atoms with E-state index in [1.165, 1.54) is 16.4 Å². The molecule has 0 N–H and O–H groups in total. The van der Waals surface area contributed by atoms with E-state index < -0.39 is 25.7 Å². The van der Waals surface area contributed by atoms with Gasteiger partial charge in [0.25, 0.3) is 5.69 Å². The van der Waals surface area contributed by atoms with E-state index >= 15 is 0 Å². The number of rotatable bonds is 4. The summed E-state index contributed by atoms with van der Waals surface area (Å²) in [6, 6.07) is 4.07. The van der Waals surface area contributed by atoms with Gasteiger partial charge in [0.1, 0.15) is 5.69 Å². The molecule has 26 heavy (non-hydrogen) atoms. The van der Waals surface area contributed by atoms with Crippen LogP contribution in [0.15, 0.2) is 23.1 Å². The molecular weight excluding hydrogens is 380 g/mol. The Balaban J connectivity index is 1.91. The topological polar surface area (TPSA) is 104 Å². The van der Waals surface area contributed by atoms with Gasteiger partial charge in [0.2, 0.25) is 10.0 Å². The first-order chi connectivity index (χ1) is 12.3. The lowest BCUT2D eigenvalue weighted by Crippen LogP contribution is -2.47. The van der Waals surface area contributed by atoms with Gasteiger partial charge in [-0.15, -0.1) is 0 Å². The van der Waals surface area contributed by atoms with E-state index in [4.69, 9.17) is 0 Å². The Labute approximate surface area is 155 Å². The average Bonchev–Trinajstić information content (AvgIpc) is 2.62. The third kappa shape index (κ3) is 3.90. The largest absolute Gasteiger partial charge is 0.364 e. The molecule has 0 saturated carbocycles. The molecule has 1 aromatic rings. The fourth-order valence-electron chi connectivity index (χ4n) is 3.13. The molecule has 2 saturated heterocycles. The quantitative estimate of drug-likeness (QED) is 0.520. The molecule has 0 aliphatic carbocycles. The van der Waals surface area contributed by atoms with E-state index in [-0.39, 0.29) is 10.6 Å². The number of nitro groups is 1. The molecule has 0 spiro atoms. The van der Waals surface area contributed by atoms with Gasteiger partial charge in [0, 0.05) is 67.6 Å². The summed E-state index contributed by atoms with van der Waals surface area (Å²) >= 11 is 0. The third-order valence-electron chi connectivity index (χ3n) is 4.76. The predicted molar refractivity (Wildman–Crippen MR) is 99.4 cm³/mol. The molecule has 0 radical (unpaired) electrons. The predicted octanol–water partition coefficient (Wildman–Crippen LogP) is 0.0996. The van der Waals surface area contributed by atoms with Crippen molar-refractivity contribution in [3.63, 3.8) is 0 Å². The van der Waals surface area contributed by atoms with Crippen LogP contribution < -0.4 is 4.90 Å². The van der Waals surface area contributed by atoms with Crippen molar-refractivity contribution in [1.82, 2.24) is 9.21 Å². The Bertz CT molecular complexity index is 811. The average molecular weight is 402 g/mol. The van der Waals surface area contributed by atoms with E-state index in [0.29, 0.717) is 56.5 Å². The highest BCUT2D eigenvalue weighted by atomic mass is 32.2. The molecule has 9 nitrogen and oxygen atoms in total. The van der Waals surface area contributed by atoms with Gasteiger partial charge >= 0.3 is 0 Å². The maximum atomic E-state index is 12.8. The highest BCUT2D eigenvalue weighted by molar-refractivity contribution is 7.89. The van der Waals surface area contributed by atoms with Crippen molar-refractivity contribution in [2.45, 2.75) is 4.90 Å². The van der Waals surface area contributed by atoms with Crippen LogP contribution in [0.25, 0.3) is 0 Å². The van der Waals surface area contributed by atoms with Crippen LogP contribution in [0.3, 0.4) is 0 Å². The first kappa shape index (κ1) is 19.2. The first-order valence-electron chi connectivity index (χ1n) is 8.36. The second-order valence-electron chi connectivity index (χ2n) is 6.45. The molecule has 2 aliphatic heterocycles. The molecule has 3 rings (SSSR count). The van der Waals surface area contributed by atoms with Crippen LogP contribution in [-0.2, 0) is 20.8 Å². The summed E-state index contributed by atoms with van der Waals surface area (Å²) in [6.45, 7) is 2.91. The van der Waals surface area contributed by atoms with Crippen molar-refractivity contribution in [2.24, 2.45) is 0 Å². The van der Waals surface area contributed by atoms with E-state index in [1.54, 1.807) is 4.90 Å². The molecule has 0 aromatic heterocycles. The molecule has 0 amide bonds. The minimum atomic E-state index is -3.76. The molecule has 2 heterocycles. The summed E-state index contributed by atoms with van der Waals surface area (Å²) in [7, 11) is -2.73. The zero-order valence-corrected chi connectivity index (χ0v) is 16.2. The minimum Gasteiger partial charge on any atom is -0.364 e. The molecule has 2 aliphatic rings. The minimum absolute atomic E-state index is 0.0573. The van der Waals surface area contributed by atoms with E-state index in [2.05, 4.69) is 0 Å². The van der Waals surface area contributed by atoms with Crippen molar-refractivity contribution in [3.8, 4) is 0 Å². The summed E-state index contributed by atoms with van der Waals surface area (Å²) in [4.78, 5) is 14.8. The van der Waals surface area contributed by atoms with Gasteiger partial charge in [0.05, 0.1) is 9.82 Å². The van der Waals surface area contributed by atoms with Gasteiger partial charge in [-0.3, -0.25) is 14.3 Å². The summed E-state index contributed by atoms with van der Waals surface area (Å²) in [5.74, 6) is 0.914. The Kier molecular flexibility index (Phi) is 5.61. The Morgan fingerprint density at radius 3 is 2.27 bits per heavy atom. The molecule has 0 atom stereocenters. The number of piperazine rings is 1. The molecule has 144 valence electrons. The van der Waals surface area contributed by atoms with Crippen molar-refractivity contribution in [2.75, 3.05) is 62.7 Å². The zero-order chi connectivity index (χ0) is 18.9. The van der Waals surface area contributed by atoms with Crippen LogP contribution >= 0.6 is 0 Å². The summed E-state index contributed by atoms with van der Waals surface area (Å²) in [5.41, 5.74) is 0.150. The molecule has 2 fully saturated rings. The van der Waals surface area contributed by atoms with Gasteiger partial charge in [-0.05, 0) is 19.2 Å². The molecular formula is C15H22N4O5S2. The fourth-order valence-corrected chi connectivity index (χ4v) is 5.63. The van der Waals surface area contributed by atoms with Gasteiger partial charge < -0.3 is 9.80 Å². The molecule has 1 aromatic carbocycles.